The van der Waals surface area contributed by atoms with E-state index in [1.54, 1.807) is 30.3 Å². The lowest BCUT2D eigenvalue weighted by atomic mass is 9.84. The zero-order valence-corrected chi connectivity index (χ0v) is 12.7. The molecule has 21 heavy (non-hydrogen) atoms. The molecule has 2 atom stereocenters. The van der Waals surface area contributed by atoms with Crippen molar-refractivity contribution in [3.8, 4) is 0 Å². The molecule has 1 saturated carbocycles. The van der Waals surface area contributed by atoms with Crippen LogP contribution in [0, 0.1) is 5.92 Å². The molecule has 5 heteroatoms. The predicted octanol–water partition coefficient (Wildman–Crippen LogP) is 2.72. The van der Waals surface area contributed by atoms with Crippen molar-refractivity contribution < 1.29 is 17.9 Å². The molecule has 1 aliphatic heterocycles. The van der Waals surface area contributed by atoms with Gasteiger partial charge in [-0.1, -0.05) is 37.5 Å². The van der Waals surface area contributed by atoms with Gasteiger partial charge in [-0.3, -0.25) is 4.79 Å². The van der Waals surface area contributed by atoms with Crippen molar-refractivity contribution in [2.24, 2.45) is 5.92 Å². The number of hydrogen-bond donors (Lipinski definition) is 0. The summed E-state index contributed by atoms with van der Waals surface area (Å²) >= 11 is 0. The highest BCUT2D eigenvalue weighted by molar-refractivity contribution is 7.92. The van der Waals surface area contributed by atoms with Crippen LogP contribution in [0.1, 0.15) is 38.5 Å². The lowest BCUT2D eigenvalue weighted by Gasteiger charge is -2.29. The van der Waals surface area contributed by atoms with Crippen molar-refractivity contribution in [1.82, 2.24) is 0 Å². The van der Waals surface area contributed by atoms with Gasteiger partial charge >= 0.3 is 5.97 Å². The maximum atomic E-state index is 12.8. The van der Waals surface area contributed by atoms with Crippen molar-refractivity contribution >= 4 is 15.8 Å². The first kappa shape index (κ1) is 14.6. The molecule has 4 nitrogen and oxygen atoms in total. The zero-order chi connectivity index (χ0) is 14.9. The molecule has 1 aromatic carbocycles. The Balaban J connectivity index is 1.89. The maximum Gasteiger partial charge on any atom is 0.307 e. The number of carbonyl (C=O) groups is 1. The van der Waals surface area contributed by atoms with E-state index in [1.807, 2.05) is 0 Å². The first-order valence-electron chi connectivity index (χ1n) is 7.57. The van der Waals surface area contributed by atoms with E-state index in [1.165, 1.54) is 6.42 Å². The molecule has 3 rings (SSSR count). The van der Waals surface area contributed by atoms with Gasteiger partial charge < -0.3 is 4.74 Å². The van der Waals surface area contributed by atoms with Gasteiger partial charge in [-0.05, 0) is 30.9 Å². The third-order valence-electron chi connectivity index (χ3n) is 4.59. The summed E-state index contributed by atoms with van der Waals surface area (Å²) in [6, 6.07) is 8.39. The third kappa shape index (κ3) is 2.84. The Hall–Kier alpha value is -1.36. The molecule has 114 valence electrons. The average molecular weight is 308 g/mol. The van der Waals surface area contributed by atoms with Crippen LogP contribution in [0.5, 0.6) is 0 Å². The molecule has 1 heterocycles. The molecule has 0 N–H and O–H groups in total. The summed E-state index contributed by atoms with van der Waals surface area (Å²) in [5.41, 5.74) is 0. The molecule has 0 aromatic heterocycles. The molecule has 2 aliphatic rings. The van der Waals surface area contributed by atoms with Crippen LogP contribution in [0.2, 0.25) is 0 Å². The minimum atomic E-state index is -3.52. The average Bonchev–Trinajstić information content (AvgIpc) is 2.92. The largest absolute Gasteiger partial charge is 0.461 e. The molecule has 2 fully saturated rings. The smallest absolute Gasteiger partial charge is 0.307 e. The lowest BCUT2D eigenvalue weighted by molar-refractivity contribution is -0.143. The Morgan fingerprint density at radius 1 is 1.00 bits per heavy atom. The van der Waals surface area contributed by atoms with E-state index in [4.69, 9.17) is 4.74 Å². The quantitative estimate of drug-likeness (QED) is 0.806. The topological polar surface area (TPSA) is 60.4 Å². The fraction of sp³-hybridized carbons (Fsp3) is 0.562. The van der Waals surface area contributed by atoms with Crippen molar-refractivity contribution in [2.45, 2.75) is 54.8 Å². The molecule has 0 radical (unpaired) electrons. The van der Waals surface area contributed by atoms with E-state index in [0.717, 1.165) is 25.7 Å². The van der Waals surface area contributed by atoms with Crippen LogP contribution in [0.15, 0.2) is 35.2 Å². The van der Waals surface area contributed by atoms with Crippen LogP contribution in [-0.2, 0) is 19.4 Å². The van der Waals surface area contributed by atoms with E-state index in [2.05, 4.69) is 0 Å². The van der Waals surface area contributed by atoms with Gasteiger partial charge in [0.2, 0.25) is 0 Å². The van der Waals surface area contributed by atoms with Gasteiger partial charge in [-0.15, -0.1) is 0 Å². The Kier molecular flexibility index (Phi) is 4.02. The molecule has 0 spiro atoms. The number of ether oxygens (including phenoxy) is 1. The standard InChI is InChI=1S/C16H20O4S/c17-15-11-14(16(20-15)12-7-3-1-4-8-12)21(18,19)13-9-5-2-6-10-13/h2,5-6,9-10,12,14,16H,1,3-4,7-8,11H2/t14-,16-/m0/s1. The van der Waals surface area contributed by atoms with E-state index < -0.39 is 21.2 Å². The lowest BCUT2D eigenvalue weighted by Crippen LogP contribution is -2.37. The van der Waals surface area contributed by atoms with Gasteiger partial charge in [0.25, 0.3) is 0 Å². The highest BCUT2D eigenvalue weighted by Crippen LogP contribution is 2.37. The summed E-state index contributed by atoms with van der Waals surface area (Å²) in [5, 5.41) is -0.726. The van der Waals surface area contributed by atoms with Crippen LogP contribution in [0.3, 0.4) is 0 Å². The van der Waals surface area contributed by atoms with E-state index in [-0.39, 0.29) is 23.2 Å². The summed E-state index contributed by atoms with van der Waals surface area (Å²) in [4.78, 5) is 12.0. The highest BCUT2D eigenvalue weighted by Gasteiger charge is 2.47. The minimum absolute atomic E-state index is 0.0155. The monoisotopic (exact) mass is 308 g/mol. The number of carbonyl (C=O) groups excluding carboxylic acids is 1. The highest BCUT2D eigenvalue weighted by atomic mass is 32.2. The second-order valence-corrected chi connectivity index (χ2v) is 8.12. The maximum absolute atomic E-state index is 12.8. The first-order valence-corrected chi connectivity index (χ1v) is 9.12. The molecule has 1 aliphatic carbocycles. The van der Waals surface area contributed by atoms with Crippen LogP contribution in [0.25, 0.3) is 0 Å². The number of rotatable bonds is 3. The summed E-state index contributed by atoms with van der Waals surface area (Å²) < 4.78 is 31.0. The SMILES string of the molecule is O=C1C[C@H](S(=O)(=O)c2ccccc2)[C@H](C2CCCCC2)O1. The summed E-state index contributed by atoms with van der Waals surface area (Å²) in [6.45, 7) is 0. The number of cyclic esters (lactones) is 1. The van der Waals surface area contributed by atoms with Crippen molar-refractivity contribution in [3.63, 3.8) is 0 Å². The summed E-state index contributed by atoms with van der Waals surface area (Å²) in [7, 11) is -3.52. The minimum Gasteiger partial charge on any atom is -0.461 e. The Morgan fingerprint density at radius 2 is 1.67 bits per heavy atom. The molecule has 0 bridgehead atoms. The van der Waals surface area contributed by atoms with E-state index >= 15 is 0 Å². The van der Waals surface area contributed by atoms with Crippen LogP contribution < -0.4 is 0 Å². The Morgan fingerprint density at radius 3 is 2.33 bits per heavy atom. The number of esters is 1. The van der Waals surface area contributed by atoms with Gasteiger partial charge in [0.1, 0.15) is 11.4 Å². The number of sulfone groups is 1. The van der Waals surface area contributed by atoms with E-state index in [9.17, 15) is 13.2 Å². The van der Waals surface area contributed by atoms with Crippen molar-refractivity contribution in [1.29, 1.82) is 0 Å². The fourth-order valence-corrected chi connectivity index (χ4v) is 5.36. The second-order valence-electron chi connectivity index (χ2n) is 5.95. The van der Waals surface area contributed by atoms with Gasteiger partial charge in [-0.2, -0.15) is 0 Å². The van der Waals surface area contributed by atoms with Crippen molar-refractivity contribution in [2.75, 3.05) is 0 Å². The molecule has 1 saturated heterocycles. The molecular weight excluding hydrogens is 288 g/mol. The van der Waals surface area contributed by atoms with Crippen LogP contribution in [-0.4, -0.2) is 25.7 Å². The van der Waals surface area contributed by atoms with Gasteiger partial charge in [0, 0.05) is 0 Å². The Bertz CT molecular complexity index is 602. The predicted molar refractivity (Wildman–Crippen MR) is 78.5 cm³/mol. The normalized spacial score (nSPS) is 27.5. The summed E-state index contributed by atoms with van der Waals surface area (Å²) in [5.74, 6) is -0.191. The van der Waals surface area contributed by atoms with Crippen LogP contribution in [0.4, 0.5) is 0 Å². The zero-order valence-electron chi connectivity index (χ0n) is 11.9. The number of benzene rings is 1. The first-order chi connectivity index (χ1) is 10.1. The fourth-order valence-electron chi connectivity index (χ4n) is 3.49. The number of hydrogen-bond acceptors (Lipinski definition) is 4. The second kappa shape index (κ2) is 5.79. The summed E-state index contributed by atoms with van der Waals surface area (Å²) in [6.07, 6.45) is 4.81. The van der Waals surface area contributed by atoms with Gasteiger partial charge in [0.05, 0.1) is 11.3 Å². The van der Waals surface area contributed by atoms with E-state index in [0.29, 0.717) is 0 Å². The Labute approximate surface area is 125 Å². The third-order valence-corrected chi connectivity index (χ3v) is 6.75. The molecule has 1 aromatic rings. The molecular formula is C16H20O4S. The molecule has 0 amide bonds. The van der Waals surface area contributed by atoms with Gasteiger partial charge in [0.15, 0.2) is 9.84 Å². The van der Waals surface area contributed by atoms with Crippen molar-refractivity contribution in [3.05, 3.63) is 30.3 Å². The van der Waals surface area contributed by atoms with Crippen LogP contribution >= 0.6 is 0 Å². The van der Waals surface area contributed by atoms with Gasteiger partial charge in [-0.25, -0.2) is 8.42 Å². The molecule has 0 unspecified atom stereocenters.